The maximum atomic E-state index is 10.1. The summed E-state index contributed by atoms with van der Waals surface area (Å²) in [5.41, 5.74) is 7.41. The normalized spacial score (nSPS) is 15.9. The van der Waals surface area contributed by atoms with Crippen LogP contribution in [0.4, 0.5) is 11.4 Å². The van der Waals surface area contributed by atoms with Crippen molar-refractivity contribution in [2.45, 2.75) is 38.5 Å². The van der Waals surface area contributed by atoms with E-state index in [1.807, 2.05) is 0 Å². The largest absolute Gasteiger partial charge is 0.508 e. The van der Waals surface area contributed by atoms with E-state index in [0.29, 0.717) is 5.75 Å². The second-order valence-corrected chi connectivity index (χ2v) is 11.6. The van der Waals surface area contributed by atoms with E-state index in [2.05, 4.69) is 82.6 Å². The summed E-state index contributed by atoms with van der Waals surface area (Å²) in [4.78, 5) is 5.09. The van der Waals surface area contributed by atoms with Gasteiger partial charge in [0, 0.05) is 37.6 Å². The van der Waals surface area contributed by atoms with Gasteiger partial charge in [-0.25, -0.2) is 0 Å². The van der Waals surface area contributed by atoms with E-state index in [4.69, 9.17) is 4.74 Å². The highest BCUT2D eigenvalue weighted by molar-refractivity contribution is 6.22. The first-order chi connectivity index (χ1) is 20.2. The molecule has 2 aliphatic heterocycles. The molecule has 0 atom stereocenters. The van der Waals surface area contributed by atoms with Gasteiger partial charge in [0.1, 0.15) is 11.5 Å². The van der Waals surface area contributed by atoms with E-state index in [1.165, 1.54) is 88.1 Å². The van der Waals surface area contributed by atoms with Crippen molar-refractivity contribution in [1.82, 2.24) is 0 Å². The first-order valence-electron chi connectivity index (χ1n) is 15.2. The molecule has 41 heavy (non-hydrogen) atoms. The Balaban J connectivity index is 1.55. The van der Waals surface area contributed by atoms with Gasteiger partial charge in [-0.1, -0.05) is 36.4 Å². The molecule has 2 saturated heterocycles. The third kappa shape index (κ3) is 4.86. The summed E-state index contributed by atoms with van der Waals surface area (Å²) in [5, 5.41) is 15.1. The topological polar surface area (TPSA) is 35.9 Å². The van der Waals surface area contributed by atoms with Crippen LogP contribution in [-0.2, 0) is 0 Å². The van der Waals surface area contributed by atoms with E-state index in [0.717, 1.165) is 37.5 Å². The van der Waals surface area contributed by atoms with Crippen molar-refractivity contribution in [1.29, 1.82) is 0 Å². The molecule has 0 unspecified atom stereocenters. The number of hydrogen-bond donors (Lipinski definition) is 1. The summed E-state index contributed by atoms with van der Waals surface area (Å²) in [5.74, 6) is 1.16. The molecule has 2 heterocycles. The molecular weight excluding hydrogens is 504 g/mol. The highest BCUT2D eigenvalue weighted by Gasteiger charge is 2.21. The molecule has 2 fully saturated rings. The summed E-state index contributed by atoms with van der Waals surface area (Å²) in [6.07, 6.45) is 7.62. The zero-order chi connectivity index (χ0) is 27.8. The quantitative estimate of drug-likeness (QED) is 0.225. The first-order valence-corrected chi connectivity index (χ1v) is 15.2. The third-order valence-electron chi connectivity index (χ3n) is 9.06. The van der Waals surface area contributed by atoms with Gasteiger partial charge in [-0.2, -0.15) is 0 Å². The minimum Gasteiger partial charge on any atom is -0.508 e. The highest BCUT2D eigenvalue weighted by Crippen LogP contribution is 2.46. The first kappa shape index (κ1) is 25.8. The van der Waals surface area contributed by atoms with Gasteiger partial charge < -0.3 is 19.6 Å². The molecule has 2 aliphatic rings. The molecular formula is C37H38N2O2. The van der Waals surface area contributed by atoms with Gasteiger partial charge in [0.2, 0.25) is 0 Å². The molecule has 0 saturated carbocycles. The number of piperidine rings is 2. The van der Waals surface area contributed by atoms with Crippen molar-refractivity contribution >= 4 is 32.9 Å². The molecule has 0 bridgehead atoms. The second-order valence-electron chi connectivity index (χ2n) is 11.6. The Morgan fingerprint density at radius 1 is 0.512 bits per heavy atom. The lowest BCUT2D eigenvalue weighted by Crippen LogP contribution is -2.29. The SMILES string of the molecule is COc1ccc(-c2c3ccc(N4CCCCC4)cc3c(-c3ccc(O)cc3)c3ccc(N4CCCCC4)cc23)cc1. The van der Waals surface area contributed by atoms with Crippen LogP contribution >= 0.6 is 0 Å². The highest BCUT2D eigenvalue weighted by atomic mass is 16.5. The Labute approximate surface area is 242 Å². The maximum Gasteiger partial charge on any atom is 0.118 e. The van der Waals surface area contributed by atoms with Crippen molar-refractivity contribution in [3.63, 3.8) is 0 Å². The van der Waals surface area contributed by atoms with Crippen LogP contribution in [0.3, 0.4) is 0 Å². The van der Waals surface area contributed by atoms with Gasteiger partial charge in [-0.3, -0.25) is 0 Å². The van der Waals surface area contributed by atoms with Crippen molar-refractivity contribution in [2.75, 3.05) is 43.1 Å². The average molecular weight is 543 g/mol. The number of aromatic hydroxyl groups is 1. The molecule has 0 spiro atoms. The molecule has 208 valence electrons. The van der Waals surface area contributed by atoms with E-state index < -0.39 is 0 Å². The summed E-state index contributed by atoms with van der Waals surface area (Å²) in [7, 11) is 1.72. The molecule has 0 aliphatic carbocycles. The summed E-state index contributed by atoms with van der Waals surface area (Å²) >= 11 is 0. The van der Waals surface area contributed by atoms with Crippen LogP contribution in [0.2, 0.25) is 0 Å². The fourth-order valence-electron chi connectivity index (χ4n) is 6.91. The number of benzene rings is 5. The van der Waals surface area contributed by atoms with Gasteiger partial charge in [0.25, 0.3) is 0 Å². The molecule has 4 nitrogen and oxygen atoms in total. The minimum atomic E-state index is 0.290. The monoisotopic (exact) mass is 542 g/mol. The molecule has 1 N–H and O–H groups in total. The molecule has 0 aromatic heterocycles. The molecule has 5 aromatic rings. The zero-order valence-electron chi connectivity index (χ0n) is 23.9. The molecule has 0 radical (unpaired) electrons. The van der Waals surface area contributed by atoms with Gasteiger partial charge in [0.15, 0.2) is 0 Å². The van der Waals surface area contributed by atoms with Crippen molar-refractivity contribution in [3.8, 4) is 33.8 Å². The minimum absolute atomic E-state index is 0.290. The zero-order valence-corrected chi connectivity index (χ0v) is 23.9. The van der Waals surface area contributed by atoms with Gasteiger partial charge in [-0.15, -0.1) is 0 Å². The second kappa shape index (κ2) is 11.0. The molecule has 5 aromatic carbocycles. The van der Waals surface area contributed by atoms with Crippen LogP contribution in [0.15, 0.2) is 84.9 Å². The fraction of sp³-hybridized carbons (Fsp3) is 0.297. The lowest BCUT2D eigenvalue weighted by atomic mass is 9.85. The van der Waals surface area contributed by atoms with E-state index in [1.54, 1.807) is 19.2 Å². The predicted octanol–water partition coefficient (Wildman–Crippen LogP) is 9.02. The van der Waals surface area contributed by atoms with Gasteiger partial charge >= 0.3 is 0 Å². The van der Waals surface area contributed by atoms with E-state index in [-0.39, 0.29) is 0 Å². The number of anilines is 2. The van der Waals surface area contributed by atoms with Crippen LogP contribution in [0.25, 0.3) is 43.8 Å². The number of ether oxygens (including phenoxy) is 1. The molecule has 7 rings (SSSR count). The number of phenols is 1. The number of hydrogen-bond acceptors (Lipinski definition) is 4. The van der Waals surface area contributed by atoms with Gasteiger partial charge in [0.05, 0.1) is 7.11 Å². The van der Waals surface area contributed by atoms with Crippen LogP contribution in [0, 0.1) is 0 Å². The Morgan fingerprint density at radius 2 is 0.951 bits per heavy atom. The maximum absolute atomic E-state index is 10.1. The lowest BCUT2D eigenvalue weighted by molar-refractivity contribution is 0.415. The van der Waals surface area contributed by atoms with E-state index in [9.17, 15) is 5.11 Å². The fourth-order valence-corrected chi connectivity index (χ4v) is 6.91. The number of methoxy groups -OCH3 is 1. The molecule has 0 amide bonds. The van der Waals surface area contributed by atoms with Crippen molar-refractivity contribution < 1.29 is 9.84 Å². The Kier molecular flexibility index (Phi) is 6.92. The smallest absolute Gasteiger partial charge is 0.118 e. The average Bonchev–Trinajstić information content (AvgIpc) is 3.04. The lowest BCUT2D eigenvalue weighted by Gasteiger charge is -2.30. The van der Waals surface area contributed by atoms with Gasteiger partial charge in [-0.05, 0) is 131 Å². The Bertz CT molecular complexity index is 1680. The number of phenolic OH excluding ortho intramolecular Hbond substituents is 1. The Morgan fingerprint density at radius 3 is 1.39 bits per heavy atom. The summed E-state index contributed by atoms with van der Waals surface area (Å²) < 4.78 is 5.52. The van der Waals surface area contributed by atoms with Crippen LogP contribution in [0.1, 0.15) is 38.5 Å². The van der Waals surface area contributed by atoms with Crippen molar-refractivity contribution in [2.24, 2.45) is 0 Å². The summed E-state index contributed by atoms with van der Waals surface area (Å²) in [6, 6.07) is 30.4. The molecule has 4 heteroatoms. The predicted molar refractivity (Wildman–Crippen MR) is 173 cm³/mol. The number of fused-ring (bicyclic) bond motifs is 2. The number of nitrogens with zero attached hydrogens (tertiary/aromatic N) is 2. The van der Waals surface area contributed by atoms with E-state index >= 15 is 0 Å². The van der Waals surface area contributed by atoms with Crippen LogP contribution in [-0.4, -0.2) is 38.4 Å². The Hall–Kier alpha value is -4.18. The van der Waals surface area contributed by atoms with Crippen LogP contribution in [0.5, 0.6) is 11.5 Å². The third-order valence-corrected chi connectivity index (χ3v) is 9.06. The summed E-state index contributed by atoms with van der Waals surface area (Å²) in [6.45, 7) is 4.44. The number of rotatable bonds is 5. The van der Waals surface area contributed by atoms with Crippen molar-refractivity contribution in [3.05, 3.63) is 84.9 Å². The standard InChI is InChI=1S/C37H38N2O2/c1-41-31-16-10-27(11-17-31)37-33-19-13-28(38-20-4-2-5-21-38)24-34(33)36(26-8-14-30(40)15-9-26)32-18-12-29(25-35(32)37)39-22-6-3-7-23-39/h8-19,24-25,40H,2-7,20-23H2,1H3. The van der Waals surface area contributed by atoms with Crippen LogP contribution < -0.4 is 14.5 Å².